The second kappa shape index (κ2) is 31.5. The number of fused-ring (bicyclic) bond motifs is 4. The van der Waals surface area contributed by atoms with Gasteiger partial charge < -0.3 is 56.8 Å². The number of carbonyl (C=O) groups excluding carboxylic acids is 7. The maximum atomic E-state index is 14.6. The Bertz CT molecular complexity index is 3980. The topological polar surface area (TPSA) is 353 Å². The van der Waals surface area contributed by atoms with E-state index in [0.29, 0.717) is 60.3 Å². The molecule has 6 amide bonds. The van der Waals surface area contributed by atoms with Gasteiger partial charge >= 0.3 is 17.8 Å². The Morgan fingerprint density at radius 2 is 1.52 bits per heavy atom. The molecule has 1 saturated heterocycles. The minimum atomic E-state index is -1.44. The lowest BCUT2D eigenvalue weighted by Gasteiger charge is -2.48. The van der Waals surface area contributed by atoms with Gasteiger partial charge in [-0.05, 0) is 131 Å². The number of rotatable bonds is 28. The highest BCUT2D eigenvalue weighted by Crippen LogP contribution is 2.43. The standard InChI is InChI=1S/C71H81N9O14/c1-71(2,3)79-69(90)66-48-19-11-9-17-43(48)32-34-80(66)41-59(55(35-42-15-6-4-7-16-42)77-68(89)56(39-60(72)83)78-67(88)54-31-24-44-18-10-12-20-53(44)76-54)94-64(87)23-8-5-13-33-73-61(84)21-14-22-62(85)74-40-63(86)75-45-25-28-49(52(36-45)70(91)92)65-50-29-26-46(81)37-57(50)93-58-38-47(82)27-30-51(58)65/h4,6-7,10,12,15-16,18,20,24-31,36-38,43,48,55-56,59,66,81H,5,8-9,11,13-14,17,19,21-23,32-35,39-41H2,1-3H3,(H2,72,83)(H,73,84)(H,74,85)(H,75,86)(H,77,89)(H,78,88)(H,79,90)(H,91,92)/p+1/t43?,48?,55-,56-,59+,66-/m0/s1. The van der Waals surface area contributed by atoms with E-state index in [0.717, 1.165) is 43.1 Å². The molecule has 4 aliphatic rings. The van der Waals surface area contributed by atoms with Crippen LogP contribution in [-0.4, -0.2) is 134 Å². The predicted octanol–water partition coefficient (Wildman–Crippen LogP) is 6.26. The van der Waals surface area contributed by atoms with Crippen molar-refractivity contribution in [3.63, 3.8) is 0 Å². The van der Waals surface area contributed by atoms with Crippen LogP contribution in [0.25, 0.3) is 44.3 Å². The zero-order chi connectivity index (χ0) is 67.1. The minimum Gasteiger partial charge on any atom is -0.508 e. The summed E-state index contributed by atoms with van der Waals surface area (Å²) in [6, 6.07) is 29.8. The van der Waals surface area contributed by atoms with Gasteiger partial charge in [0.1, 0.15) is 41.5 Å². The Morgan fingerprint density at radius 3 is 2.29 bits per heavy atom. The molecular formula is C71H82N9O14+. The number of carboxylic acids is 1. The number of nitrogens with two attached hydrogens (primary N) is 1. The summed E-state index contributed by atoms with van der Waals surface area (Å²) < 4.78 is 12.4. The quantitative estimate of drug-likeness (QED) is 0.00851. The summed E-state index contributed by atoms with van der Waals surface area (Å²) in [4.78, 5) is 129. The van der Waals surface area contributed by atoms with Crippen molar-refractivity contribution < 1.29 is 67.8 Å². The number of hydrogen-bond acceptors (Lipinski definition) is 14. The number of ether oxygens (including phenoxy) is 1. The van der Waals surface area contributed by atoms with Crippen LogP contribution in [-0.2, 0) is 39.9 Å². The Kier molecular flexibility index (Phi) is 22.9. The second-order valence-electron chi connectivity index (χ2n) is 25.3. The van der Waals surface area contributed by atoms with E-state index < -0.39 is 71.8 Å². The number of nitrogens with zero attached hydrogens (tertiary/aromatic N) is 2. The number of hydrogen-bond donors (Lipinski definition) is 10. The second-order valence-corrected chi connectivity index (χ2v) is 25.3. The van der Waals surface area contributed by atoms with Gasteiger partial charge in [-0.3, -0.25) is 43.3 Å². The number of amides is 6. The summed E-state index contributed by atoms with van der Waals surface area (Å²) in [5.41, 5.74) is 7.67. The summed E-state index contributed by atoms with van der Waals surface area (Å²) >= 11 is 0. The molecule has 9 rings (SSSR count). The molecule has 6 atom stereocenters. The number of phenolic OH excluding ortho intramolecular Hbond substituents is 1. The van der Waals surface area contributed by atoms with Crippen molar-refractivity contribution in [2.45, 2.75) is 140 Å². The van der Waals surface area contributed by atoms with Crippen LogP contribution in [0.3, 0.4) is 0 Å². The number of aromatic nitrogens is 1. The van der Waals surface area contributed by atoms with Gasteiger partial charge in [0.05, 0.1) is 29.6 Å². The SMILES string of the molecule is CC(C)(C)NC(=O)[C@@H]1C2CCCCC2CCN1C[C@@H](OC(=O)CCCCCNC(=O)CCCC(=O)NCC(O)=[NH+]c1ccc(-c2c3ccc(=O)cc-3oc3cc(O)ccc23)c(C(=O)O)c1)[C@H](Cc1ccccc1)NC(=O)[C@H](CC(N)=O)NC(=O)c1ccc2ccccc2n1. The molecule has 2 unspecified atom stereocenters. The number of nitrogens with one attached hydrogen (secondary N) is 6. The van der Waals surface area contributed by atoms with Crippen molar-refractivity contribution in [2.24, 2.45) is 17.6 Å². The molecule has 0 radical (unpaired) electrons. The van der Waals surface area contributed by atoms with E-state index >= 15 is 0 Å². The Morgan fingerprint density at radius 1 is 0.777 bits per heavy atom. The van der Waals surface area contributed by atoms with E-state index in [1.54, 1.807) is 30.3 Å². The Balaban J connectivity index is 0.792. The van der Waals surface area contributed by atoms with E-state index in [-0.39, 0.29) is 114 Å². The van der Waals surface area contributed by atoms with Crippen molar-refractivity contribution in [3.8, 4) is 28.2 Å². The Labute approximate surface area is 543 Å². The third kappa shape index (κ3) is 18.6. The first-order chi connectivity index (χ1) is 45.0. The number of piperidine rings is 1. The van der Waals surface area contributed by atoms with Crippen LogP contribution >= 0.6 is 0 Å². The molecule has 0 spiro atoms. The number of unbranched alkanes of at least 4 members (excludes halogenated alkanes) is 2. The largest absolute Gasteiger partial charge is 0.508 e. The number of likely N-dealkylation sites (tertiary alicyclic amines) is 1. The lowest BCUT2D eigenvalue weighted by atomic mass is 9.70. The van der Waals surface area contributed by atoms with E-state index in [1.807, 2.05) is 63.2 Å². The normalized spacial score (nSPS) is 16.8. The van der Waals surface area contributed by atoms with Crippen molar-refractivity contribution >= 4 is 80.8 Å². The van der Waals surface area contributed by atoms with Gasteiger partial charge in [0.15, 0.2) is 5.43 Å². The number of aliphatic hydroxyl groups is 1. The van der Waals surface area contributed by atoms with Gasteiger partial charge in [-0.15, -0.1) is 0 Å². The van der Waals surface area contributed by atoms with Crippen LogP contribution in [0.2, 0.25) is 0 Å². The molecule has 2 fully saturated rings. The summed E-state index contributed by atoms with van der Waals surface area (Å²) in [5.74, 6) is -4.89. The fraction of sp³-hybridized carbons (Fsp3) is 0.394. The van der Waals surface area contributed by atoms with Crippen LogP contribution in [0.15, 0.2) is 131 Å². The molecule has 5 aromatic rings. The van der Waals surface area contributed by atoms with Gasteiger partial charge in [0.25, 0.3) is 5.91 Å². The van der Waals surface area contributed by atoms with Crippen molar-refractivity contribution in [1.82, 2.24) is 36.5 Å². The number of primary amides is 1. The lowest BCUT2D eigenvalue weighted by molar-refractivity contribution is -0.366. The molecule has 1 aromatic heterocycles. The molecule has 4 aromatic carbocycles. The van der Waals surface area contributed by atoms with Gasteiger partial charge in [-0.2, -0.15) is 4.99 Å². The summed E-state index contributed by atoms with van der Waals surface area (Å²) in [7, 11) is 0. The summed E-state index contributed by atoms with van der Waals surface area (Å²) in [6.45, 7) is 6.37. The molecule has 0 bridgehead atoms. The highest BCUT2D eigenvalue weighted by molar-refractivity contribution is 6.08. The van der Waals surface area contributed by atoms with E-state index in [2.05, 4.69) is 41.5 Å². The molecule has 23 nitrogen and oxygen atoms in total. The number of aromatic carboxylic acids is 1. The number of pyridine rings is 1. The number of aromatic hydroxyl groups is 1. The smallest absolute Gasteiger partial charge is 0.357 e. The number of carbonyl (C=O) groups is 8. The number of benzene rings is 5. The number of carboxylic acid groups (broad SMARTS) is 1. The molecule has 2 aliphatic heterocycles. The van der Waals surface area contributed by atoms with E-state index in [1.165, 1.54) is 48.5 Å². The molecular weight excluding hydrogens is 1200 g/mol. The third-order valence-corrected chi connectivity index (χ3v) is 17.1. The molecule has 3 heterocycles. The van der Waals surface area contributed by atoms with Crippen LogP contribution in [0.1, 0.15) is 131 Å². The zero-order valence-electron chi connectivity index (χ0n) is 53.0. The van der Waals surface area contributed by atoms with E-state index in [9.17, 15) is 58.5 Å². The van der Waals surface area contributed by atoms with Crippen molar-refractivity contribution in [2.75, 3.05) is 26.2 Å². The maximum absolute atomic E-state index is 14.6. The maximum Gasteiger partial charge on any atom is 0.357 e. The van der Waals surface area contributed by atoms with Crippen molar-refractivity contribution in [3.05, 3.63) is 148 Å². The average Bonchev–Trinajstić information content (AvgIpc) is 0.755. The minimum absolute atomic E-state index is 0.0127. The van der Waals surface area contributed by atoms with Crippen LogP contribution < -0.4 is 42.7 Å². The van der Waals surface area contributed by atoms with E-state index in [4.69, 9.17) is 14.9 Å². The summed E-state index contributed by atoms with van der Waals surface area (Å²) in [6.07, 6.45) is 4.96. The van der Waals surface area contributed by atoms with Gasteiger partial charge in [0, 0.05) is 84.1 Å². The van der Waals surface area contributed by atoms with Crippen LogP contribution in [0.4, 0.5) is 5.69 Å². The van der Waals surface area contributed by atoms with Gasteiger partial charge in [0.2, 0.25) is 35.2 Å². The number of para-hydroxylation sites is 1. The molecule has 11 N–H and O–H groups in total. The number of aliphatic hydroxyl groups excluding tert-OH is 1. The summed E-state index contributed by atoms with van der Waals surface area (Å²) in [5, 5.41) is 46.9. The highest BCUT2D eigenvalue weighted by atomic mass is 16.5. The van der Waals surface area contributed by atoms with Gasteiger partial charge in [-0.1, -0.05) is 80.3 Å². The molecule has 494 valence electrons. The molecule has 94 heavy (non-hydrogen) atoms. The first kappa shape index (κ1) is 68.3. The fourth-order valence-electron chi connectivity index (χ4n) is 12.7. The van der Waals surface area contributed by atoms with Gasteiger partial charge in [-0.25, -0.2) is 9.78 Å². The fourth-order valence-corrected chi connectivity index (χ4v) is 12.7. The molecule has 1 saturated carbocycles. The van der Waals surface area contributed by atoms with Crippen LogP contribution in [0.5, 0.6) is 5.75 Å². The van der Waals surface area contributed by atoms with Crippen LogP contribution in [0, 0.1) is 11.8 Å². The lowest BCUT2D eigenvalue weighted by Crippen LogP contribution is -2.68. The monoisotopic (exact) mass is 1280 g/mol. The first-order valence-electron chi connectivity index (χ1n) is 32.0. The number of phenols is 1. The average molecular weight is 1290 g/mol. The predicted molar refractivity (Wildman–Crippen MR) is 352 cm³/mol. The first-order valence-corrected chi connectivity index (χ1v) is 32.0. The van der Waals surface area contributed by atoms with Crippen molar-refractivity contribution in [1.29, 1.82) is 0 Å². The molecule has 2 aliphatic carbocycles. The molecule has 23 heteroatoms. The number of esters is 1. The highest BCUT2D eigenvalue weighted by Gasteiger charge is 2.45. The Hall–Kier alpha value is -10.0. The zero-order valence-corrected chi connectivity index (χ0v) is 53.0. The third-order valence-electron chi connectivity index (χ3n) is 17.1.